The van der Waals surface area contributed by atoms with Gasteiger partial charge < -0.3 is 5.32 Å². The molecule has 0 bridgehead atoms. The van der Waals surface area contributed by atoms with E-state index >= 15 is 0 Å². The van der Waals surface area contributed by atoms with Gasteiger partial charge in [-0.25, -0.2) is 9.78 Å². The predicted octanol–water partition coefficient (Wildman–Crippen LogP) is 4.28. The van der Waals surface area contributed by atoms with E-state index in [9.17, 15) is 4.79 Å². The Morgan fingerprint density at radius 1 is 0.857 bits per heavy atom. The summed E-state index contributed by atoms with van der Waals surface area (Å²) in [6.45, 7) is 0. The SMILES string of the molecule is O=c1nc2ncccc2c(Nc2cccc(-c3cnc4ccccc4c3)c2)[nH]1. The standard InChI is InChI=1S/C22H15N5O/c28-22-26-20-18(8-4-10-23-20)21(27-22)25-17-7-3-6-14(12-17)16-11-15-5-1-2-9-19(15)24-13-16/h1-13H,(H2,23,25,26,27,28). The molecule has 0 saturated heterocycles. The van der Waals surface area contributed by atoms with Crippen molar-refractivity contribution in [2.75, 3.05) is 5.32 Å². The Balaban J connectivity index is 1.55. The van der Waals surface area contributed by atoms with Crippen LogP contribution in [0.1, 0.15) is 0 Å². The van der Waals surface area contributed by atoms with Gasteiger partial charge in [-0.05, 0) is 42.0 Å². The molecular formula is C22H15N5O. The number of hydrogen-bond donors (Lipinski definition) is 2. The van der Waals surface area contributed by atoms with Crippen LogP contribution in [0.2, 0.25) is 0 Å². The number of nitrogens with zero attached hydrogens (tertiary/aromatic N) is 3. The van der Waals surface area contributed by atoms with Gasteiger partial charge in [0.25, 0.3) is 0 Å². The summed E-state index contributed by atoms with van der Waals surface area (Å²) in [5.41, 5.74) is 3.83. The fraction of sp³-hybridized carbons (Fsp3) is 0. The van der Waals surface area contributed by atoms with E-state index in [-0.39, 0.29) is 0 Å². The second-order valence-corrected chi connectivity index (χ2v) is 6.41. The van der Waals surface area contributed by atoms with Crippen molar-refractivity contribution in [3.63, 3.8) is 0 Å². The van der Waals surface area contributed by atoms with Gasteiger partial charge in [-0.2, -0.15) is 4.98 Å². The quantitative estimate of drug-likeness (QED) is 0.499. The van der Waals surface area contributed by atoms with Crippen molar-refractivity contribution in [1.82, 2.24) is 19.9 Å². The van der Waals surface area contributed by atoms with Crippen LogP contribution in [-0.2, 0) is 0 Å². The number of hydrogen-bond acceptors (Lipinski definition) is 5. The largest absolute Gasteiger partial charge is 0.348 e. The maximum absolute atomic E-state index is 11.9. The maximum atomic E-state index is 11.9. The minimum absolute atomic E-state index is 0.406. The average Bonchev–Trinajstić information content (AvgIpc) is 2.73. The molecule has 28 heavy (non-hydrogen) atoms. The third kappa shape index (κ3) is 2.97. The lowest BCUT2D eigenvalue weighted by Crippen LogP contribution is -2.13. The molecule has 0 unspecified atom stereocenters. The molecule has 3 heterocycles. The van der Waals surface area contributed by atoms with Crippen LogP contribution >= 0.6 is 0 Å². The van der Waals surface area contributed by atoms with Gasteiger partial charge in [0.2, 0.25) is 0 Å². The molecule has 5 rings (SSSR count). The highest BCUT2D eigenvalue weighted by Crippen LogP contribution is 2.27. The number of fused-ring (bicyclic) bond motifs is 2. The number of anilines is 2. The smallest absolute Gasteiger partial charge is 0.341 e. The minimum Gasteiger partial charge on any atom is -0.341 e. The Kier molecular flexibility index (Phi) is 3.80. The second-order valence-electron chi connectivity index (χ2n) is 6.41. The molecule has 0 atom stereocenters. The molecule has 3 aromatic heterocycles. The van der Waals surface area contributed by atoms with Crippen LogP contribution in [0.15, 0.2) is 83.9 Å². The molecule has 0 saturated carbocycles. The Labute approximate surface area is 159 Å². The van der Waals surface area contributed by atoms with Gasteiger partial charge in [-0.1, -0.05) is 30.3 Å². The lowest BCUT2D eigenvalue weighted by molar-refractivity contribution is 1.10. The Hall–Kier alpha value is -4.06. The summed E-state index contributed by atoms with van der Waals surface area (Å²) in [6, 6.07) is 21.8. The molecule has 6 heteroatoms. The second kappa shape index (κ2) is 6.59. The van der Waals surface area contributed by atoms with E-state index in [1.165, 1.54) is 0 Å². The molecule has 0 aliphatic carbocycles. The van der Waals surface area contributed by atoms with Crippen molar-refractivity contribution in [1.29, 1.82) is 0 Å². The highest BCUT2D eigenvalue weighted by Gasteiger charge is 2.07. The van der Waals surface area contributed by atoms with Crippen LogP contribution in [0.4, 0.5) is 11.5 Å². The summed E-state index contributed by atoms with van der Waals surface area (Å²) >= 11 is 0. The summed E-state index contributed by atoms with van der Waals surface area (Å²) in [4.78, 5) is 27.2. The fourth-order valence-corrected chi connectivity index (χ4v) is 3.23. The van der Waals surface area contributed by atoms with E-state index in [2.05, 4.69) is 37.4 Å². The summed E-state index contributed by atoms with van der Waals surface area (Å²) in [7, 11) is 0. The first-order valence-corrected chi connectivity index (χ1v) is 8.84. The van der Waals surface area contributed by atoms with Crippen LogP contribution in [0, 0.1) is 0 Å². The van der Waals surface area contributed by atoms with Crippen LogP contribution in [0.3, 0.4) is 0 Å². The van der Waals surface area contributed by atoms with E-state index in [1.54, 1.807) is 6.20 Å². The molecule has 2 N–H and O–H groups in total. The van der Waals surface area contributed by atoms with Crippen LogP contribution in [0.25, 0.3) is 33.1 Å². The number of rotatable bonds is 3. The Morgan fingerprint density at radius 3 is 2.75 bits per heavy atom. The number of H-pyrrole nitrogens is 1. The van der Waals surface area contributed by atoms with E-state index in [0.717, 1.165) is 33.1 Å². The summed E-state index contributed by atoms with van der Waals surface area (Å²) in [5.74, 6) is 0.567. The average molecular weight is 365 g/mol. The normalized spacial score (nSPS) is 11.0. The third-order valence-corrected chi connectivity index (χ3v) is 4.55. The number of aromatic amines is 1. The lowest BCUT2D eigenvalue weighted by atomic mass is 10.0. The van der Waals surface area contributed by atoms with Gasteiger partial charge in [0.1, 0.15) is 5.82 Å². The number of aromatic nitrogens is 4. The fourth-order valence-electron chi connectivity index (χ4n) is 3.23. The highest BCUT2D eigenvalue weighted by atomic mass is 16.1. The molecular weight excluding hydrogens is 350 g/mol. The number of nitrogens with one attached hydrogen (secondary N) is 2. The maximum Gasteiger partial charge on any atom is 0.348 e. The molecule has 0 fully saturated rings. The topological polar surface area (TPSA) is 83.6 Å². The van der Waals surface area contributed by atoms with Gasteiger partial charge in [0, 0.05) is 29.0 Å². The van der Waals surface area contributed by atoms with Gasteiger partial charge in [0.15, 0.2) is 5.65 Å². The predicted molar refractivity (Wildman–Crippen MR) is 111 cm³/mol. The van der Waals surface area contributed by atoms with Gasteiger partial charge in [-0.3, -0.25) is 9.97 Å². The van der Waals surface area contributed by atoms with Crippen molar-refractivity contribution < 1.29 is 0 Å². The molecule has 6 nitrogen and oxygen atoms in total. The van der Waals surface area contributed by atoms with E-state index in [4.69, 9.17) is 0 Å². The van der Waals surface area contributed by atoms with E-state index in [0.29, 0.717) is 11.5 Å². The lowest BCUT2D eigenvalue weighted by Gasteiger charge is -2.10. The zero-order valence-electron chi connectivity index (χ0n) is 14.8. The Bertz CT molecular complexity index is 1380. The van der Waals surface area contributed by atoms with Gasteiger partial charge in [0.05, 0.1) is 10.9 Å². The minimum atomic E-state index is -0.441. The first-order valence-electron chi connectivity index (χ1n) is 8.84. The Morgan fingerprint density at radius 2 is 1.79 bits per heavy atom. The molecule has 0 aliphatic heterocycles. The van der Waals surface area contributed by atoms with Gasteiger partial charge >= 0.3 is 5.69 Å². The summed E-state index contributed by atoms with van der Waals surface area (Å²) in [5, 5.41) is 5.12. The third-order valence-electron chi connectivity index (χ3n) is 4.55. The molecule has 5 aromatic rings. The van der Waals surface area contributed by atoms with Gasteiger partial charge in [-0.15, -0.1) is 0 Å². The zero-order valence-corrected chi connectivity index (χ0v) is 14.8. The number of benzene rings is 2. The van der Waals surface area contributed by atoms with Crippen molar-refractivity contribution in [3.8, 4) is 11.1 Å². The molecule has 0 amide bonds. The number of pyridine rings is 2. The number of para-hydroxylation sites is 1. The first-order chi connectivity index (χ1) is 13.8. The molecule has 0 radical (unpaired) electrons. The van der Waals surface area contributed by atoms with Crippen LogP contribution in [-0.4, -0.2) is 19.9 Å². The zero-order chi connectivity index (χ0) is 18.9. The molecule has 0 spiro atoms. The summed E-state index contributed by atoms with van der Waals surface area (Å²) < 4.78 is 0. The van der Waals surface area contributed by atoms with Crippen molar-refractivity contribution in [2.24, 2.45) is 0 Å². The van der Waals surface area contributed by atoms with Crippen LogP contribution in [0.5, 0.6) is 0 Å². The molecule has 0 aliphatic rings. The molecule has 134 valence electrons. The summed E-state index contributed by atoms with van der Waals surface area (Å²) in [6.07, 6.45) is 3.49. The highest BCUT2D eigenvalue weighted by molar-refractivity contribution is 5.89. The van der Waals surface area contributed by atoms with E-state index < -0.39 is 5.69 Å². The molecule has 2 aromatic carbocycles. The first kappa shape index (κ1) is 16.1. The van der Waals surface area contributed by atoms with Crippen molar-refractivity contribution >= 4 is 33.4 Å². The van der Waals surface area contributed by atoms with Crippen molar-refractivity contribution in [3.05, 3.63) is 89.6 Å². The van der Waals surface area contributed by atoms with Crippen molar-refractivity contribution in [2.45, 2.75) is 0 Å². The monoisotopic (exact) mass is 365 g/mol. The van der Waals surface area contributed by atoms with Crippen LogP contribution < -0.4 is 11.0 Å². The van der Waals surface area contributed by atoms with E-state index in [1.807, 2.05) is 60.8 Å².